The van der Waals surface area contributed by atoms with E-state index in [0.29, 0.717) is 34.2 Å². The maximum atomic E-state index is 13.3. The summed E-state index contributed by atoms with van der Waals surface area (Å²) in [4.78, 5) is 29.1. The molecule has 0 radical (unpaired) electrons. The number of thioether (sulfide) groups is 1. The third kappa shape index (κ3) is 7.72. The molecule has 7 heteroatoms. The van der Waals surface area contributed by atoms with E-state index in [4.69, 9.17) is 23.2 Å². The van der Waals surface area contributed by atoms with Gasteiger partial charge >= 0.3 is 0 Å². The maximum Gasteiger partial charge on any atom is 0.243 e. The van der Waals surface area contributed by atoms with Crippen molar-refractivity contribution in [1.82, 2.24) is 10.2 Å². The molecule has 2 aromatic carbocycles. The van der Waals surface area contributed by atoms with Crippen LogP contribution < -0.4 is 5.32 Å². The molecule has 2 amide bonds. The molecule has 0 aliphatic rings. The van der Waals surface area contributed by atoms with Crippen LogP contribution in [-0.4, -0.2) is 34.6 Å². The van der Waals surface area contributed by atoms with Gasteiger partial charge in [-0.1, -0.05) is 60.8 Å². The SMILES string of the molecule is CC[C@@H](C)NC(=O)[C@H](CC)N(Cc1c(Cl)cccc1Cl)C(=O)CCSc1ccc(C)cc1. The highest BCUT2D eigenvalue weighted by atomic mass is 35.5. The summed E-state index contributed by atoms with van der Waals surface area (Å²) in [6, 6.07) is 12.9. The maximum absolute atomic E-state index is 13.3. The normalized spacial score (nSPS) is 12.8. The number of benzene rings is 2. The highest BCUT2D eigenvalue weighted by Gasteiger charge is 2.30. The fourth-order valence-corrected chi connectivity index (χ4v) is 4.61. The van der Waals surface area contributed by atoms with E-state index in [1.165, 1.54) is 5.56 Å². The first kappa shape index (κ1) is 26.6. The van der Waals surface area contributed by atoms with Crippen molar-refractivity contribution in [2.24, 2.45) is 0 Å². The number of nitrogens with zero attached hydrogens (tertiary/aromatic N) is 1. The van der Waals surface area contributed by atoms with Gasteiger partial charge in [0.05, 0.1) is 0 Å². The Balaban J connectivity index is 2.20. The van der Waals surface area contributed by atoms with Crippen LogP contribution in [0.15, 0.2) is 47.4 Å². The number of nitrogens with one attached hydrogen (secondary N) is 1. The Bertz CT molecular complexity index is 885. The lowest BCUT2D eigenvalue weighted by Gasteiger charge is -2.32. The number of hydrogen-bond donors (Lipinski definition) is 1. The van der Waals surface area contributed by atoms with Crippen molar-refractivity contribution in [2.45, 2.75) is 70.5 Å². The Kier molecular flexibility index (Phi) is 10.9. The van der Waals surface area contributed by atoms with E-state index >= 15 is 0 Å². The van der Waals surface area contributed by atoms with Crippen molar-refractivity contribution >= 4 is 46.8 Å². The molecule has 0 heterocycles. The van der Waals surface area contributed by atoms with Gasteiger partial charge in [0.25, 0.3) is 0 Å². The molecule has 0 spiro atoms. The van der Waals surface area contributed by atoms with E-state index in [-0.39, 0.29) is 24.4 Å². The molecule has 0 aromatic heterocycles. The van der Waals surface area contributed by atoms with Crippen LogP contribution in [-0.2, 0) is 16.1 Å². The van der Waals surface area contributed by atoms with Gasteiger partial charge in [0.15, 0.2) is 0 Å². The molecule has 0 aliphatic carbocycles. The van der Waals surface area contributed by atoms with E-state index in [9.17, 15) is 9.59 Å². The van der Waals surface area contributed by atoms with Crippen LogP contribution in [0.4, 0.5) is 0 Å². The van der Waals surface area contributed by atoms with Gasteiger partial charge in [0, 0.05) is 45.3 Å². The second-order valence-corrected chi connectivity index (χ2v) is 9.86. The predicted octanol–water partition coefficient (Wildman–Crippen LogP) is 6.51. The van der Waals surface area contributed by atoms with Crippen molar-refractivity contribution in [3.63, 3.8) is 0 Å². The van der Waals surface area contributed by atoms with Crippen molar-refractivity contribution in [2.75, 3.05) is 5.75 Å². The van der Waals surface area contributed by atoms with Gasteiger partial charge in [-0.15, -0.1) is 11.8 Å². The molecule has 0 unspecified atom stereocenters. The lowest BCUT2D eigenvalue weighted by Crippen LogP contribution is -2.50. The van der Waals surface area contributed by atoms with Gasteiger partial charge in [0.2, 0.25) is 11.8 Å². The highest BCUT2D eigenvalue weighted by molar-refractivity contribution is 7.99. The zero-order chi connectivity index (χ0) is 23.7. The Morgan fingerprint density at radius 3 is 2.22 bits per heavy atom. The fraction of sp³-hybridized carbons (Fsp3) is 0.440. The molecular weight excluding hydrogens is 463 g/mol. The van der Waals surface area contributed by atoms with Gasteiger partial charge in [-0.3, -0.25) is 9.59 Å². The Labute approximate surface area is 206 Å². The zero-order valence-corrected chi connectivity index (χ0v) is 21.5. The minimum atomic E-state index is -0.590. The Morgan fingerprint density at radius 2 is 1.66 bits per heavy atom. The van der Waals surface area contributed by atoms with Crippen molar-refractivity contribution in [3.05, 3.63) is 63.6 Å². The van der Waals surface area contributed by atoms with Crippen LogP contribution in [0.2, 0.25) is 10.0 Å². The molecule has 0 saturated heterocycles. The molecule has 0 fully saturated rings. The van der Waals surface area contributed by atoms with Crippen LogP contribution in [0, 0.1) is 6.92 Å². The lowest BCUT2D eigenvalue weighted by atomic mass is 10.1. The first-order valence-corrected chi connectivity index (χ1v) is 12.7. The van der Waals surface area contributed by atoms with Gasteiger partial charge in [-0.25, -0.2) is 0 Å². The number of carbonyl (C=O) groups is 2. The van der Waals surface area contributed by atoms with Gasteiger partial charge in [-0.2, -0.15) is 0 Å². The third-order valence-corrected chi connectivity index (χ3v) is 7.10. The topological polar surface area (TPSA) is 49.4 Å². The minimum Gasteiger partial charge on any atom is -0.352 e. The van der Waals surface area contributed by atoms with Crippen LogP contribution in [0.3, 0.4) is 0 Å². The number of hydrogen-bond acceptors (Lipinski definition) is 3. The molecular formula is C25H32Cl2N2O2S. The summed E-state index contributed by atoms with van der Waals surface area (Å²) in [6.07, 6.45) is 1.63. The summed E-state index contributed by atoms with van der Waals surface area (Å²) in [5.41, 5.74) is 1.86. The van der Waals surface area contributed by atoms with E-state index in [0.717, 1.165) is 11.3 Å². The molecule has 0 bridgehead atoms. The first-order chi connectivity index (χ1) is 15.3. The number of aryl methyl sites for hydroxylation is 1. The minimum absolute atomic E-state index is 0.0366. The van der Waals surface area contributed by atoms with Gasteiger partial charge in [0.1, 0.15) is 6.04 Å². The molecule has 0 saturated carbocycles. The van der Waals surface area contributed by atoms with E-state index in [2.05, 4.69) is 29.6 Å². The second kappa shape index (κ2) is 13.1. The van der Waals surface area contributed by atoms with Gasteiger partial charge < -0.3 is 10.2 Å². The Morgan fingerprint density at radius 1 is 1.03 bits per heavy atom. The quantitative estimate of drug-likeness (QED) is 0.362. The molecule has 2 aromatic rings. The lowest BCUT2D eigenvalue weighted by molar-refractivity contribution is -0.141. The van der Waals surface area contributed by atoms with E-state index in [1.54, 1.807) is 34.9 Å². The summed E-state index contributed by atoms with van der Waals surface area (Å²) < 4.78 is 0. The van der Waals surface area contributed by atoms with E-state index < -0.39 is 6.04 Å². The average Bonchev–Trinajstić information content (AvgIpc) is 2.76. The van der Waals surface area contributed by atoms with Crippen molar-refractivity contribution < 1.29 is 9.59 Å². The molecule has 32 heavy (non-hydrogen) atoms. The van der Waals surface area contributed by atoms with Crippen LogP contribution in [0.1, 0.15) is 51.2 Å². The summed E-state index contributed by atoms with van der Waals surface area (Å²) >= 11 is 14.4. The average molecular weight is 496 g/mol. The molecule has 0 aliphatic heterocycles. The van der Waals surface area contributed by atoms with Crippen LogP contribution >= 0.6 is 35.0 Å². The summed E-state index contributed by atoms with van der Waals surface area (Å²) in [5.74, 6) is 0.384. The third-order valence-electron chi connectivity index (χ3n) is 5.38. The second-order valence-electron chi connectivity index (χ2n) is 7.88. The largest absolute Gasteiger partial charge is 0.352 e. The van der Waals surface area contributed by atoms with Gasteiger partial charge in [-0.05, 0) is 51.0 Å². The predicted molar refractivity (Wildman–Crippen MR) is 136 cm³/mol. The molecule has 174 valence electrons. The summed E-state index contributed by atoms with van der Waals surface area (Å²) in [5, 5.41) is 3.99. The molecule has 2 rings (SSSR count). The molecule has 1 N–H and O–H groups in total. The highest BCUT2D eigenvalue weighted by Crippen LogP contribution is 2.28. The van der Waals surface area contributed by atoms with E-state index in [1.807, 2.05) is 27.7 Å². The standard InChI is InChI=1S/C25H32Cl2N2O2S/c1-5-18(4)28-25(31)23(6-2)29(16-20-21(26)8-7-9-22(20)27)24(30)14-15-32-19-12-10-17(3)11-13-19/h7-13,18,23H,5-6,14-16H2,1-4H3,(H,28,31)/t18-,23+/m1/s1. The number of amides is 2. The zero-order valence-electron chi connectivity index (χ0n) is 19.2. The summed E-state index contributed by atoms with van der Waals surface area (Å²) in [6.45, 7) is 8.13. The molecule has 2 atom stereocenters. The fourth-order valence-electron chi connectivity index (χ4n) is 3.25. The number of carbonyl (C=O) groups excluding carboxylic acids is 2. The monoisotopic (exact) mass is 494 g/mol. The summed E-state index contributed by atoms with van der Waals surface area (Å²) in [7, 11) is 0. The smallest absolute Gasteiger partial charge is 0.243 e. The molecule has 4 nitrogen and oxygen atoms in total. The number of rotatable bonds is 11. The van der Waals surface area contributed by atoms with Crippen molar-refractivity contribution in [1.29, 1.82) is 0 Å². The first-order valence-electron chi connectivity index (χ1n) is 11.0. The van der Waals surface area contributed by atoms with Crippen LogP contribution in [0.25, 0.3) is 0 Å². The van der Waals surface area contributed by atoms with Crippen molar-refractivity contribution in [3.8, 4) is 0 Å². The number of halogens is 2. The Hall–Kier alpha value is -1.69. The van der Waals surface area contributed by atoms with Crippen LogP contribution in [0.5, 0.6) is 0 Å².